The van der Waals surface area contributed by atoms with E-state index in [1.54, 1.807) is 0 Å². The molecular formula is C53H40N4. The summed E-state index contributed by atoms with van der Waals surface area (Å²) >= 11 is 0. The van der Waals surface area contributed by atoms with Gasteiger partial charge in [-0.15, -0.1) is 0 Å². The van der Waals surface area contributed by atoms with Gasteiger partial charge >= 0.3 is 0 Å². The van der Waals surface area contributed by atoms with Crippen molar-refractivity contribution < 1.29 is 0 Å². The van der Waals surface area contributed by atoms with E-state index >= 15 is 0 Å². The van der Waals surface area contributed by atoms with Crippen molar-refractivity contribution in [3.63, 3.8) is 0 Å². The van der Waals surface area contributed by atoms with Crippen molar-refractivity contribution in [2.45, 2.75) is 26.2 Å². The highest BCUT2D eigenvalue weighted by Gasteiger charge is 2.29. The second-order valence-electron chi connectivity index (χ2n) is 15.7. The van der Waals surface area contributed by atoms with Gasteiger partial charge in [0.25, 0.3) is 0 Å². The molecular weight excluding hydrogens is 693 g/mol. The Bertz CT molecular complexity index is 2830. The third-order valence-electron chi connectivity index (χ3n) is 11.0. The number of nitrogens with zero attached hydrogens (tertiary/aromatic N) is 4. The third-order valence-corrected chi connectivity index (χ3v) is 11.0. The molecule has 0 atom stereocenters. The highest BCUT2D eigenvalue weighted by Crippen LogP contribution is 2.53. The van der Waals surface area contributed by atoms with Gasteiger partial charge in [0.15, 0.2) is 17.5 Å². The first kappa shape index (κ1) is 34.3. The molecule has 1 heterocycles. The van der Waals surface area contributed by atoms with Crippen molar-refractivity contribution in [3.8, 4) is 67.5 Å². The number of hydrogen-bond donors (Lipinski definition) is 0. The number of rotatable bonds is 7. The van der Waals surface area contributed by atoms with Gasteiger partial charge in [-0.05, 0) is 86.0 Å². The maximum atomic E-state index is 5.29. The zero-order chi connectivity index (χ0) is 38.5. The summed E-state index contributed by atoms with van der Waals surface area (Å²) in [5, 5.41) is 2.47. The van der Waals surface area contributed by atoms with Crippen LogP contribution in [0, 0.1) is 0 Å². The summed E-state index contributed by atoms with van der Waals surface area (Å²) in [5.74, 6) is 1.91. The second-order valence-corrected chi connectivity index (χ2v) is 15.7. The van der Waals surface area contributed by atoms with Crippen LogP contribution in [-0.4, -0.2) is 15.0 Å². The molecule has 9 aromatic rings. The summed E-state index contributed by atoms with van der Waals surface area (Å²) in [7, 11) is 0. The lowest BCUT2D eigenvalue weighted by Crippen LogP contribution is -2.13. The van der Waals surface area contributed by atoms with E-state index in [1.807, 2.05) is 36.4 Å². The third kappa shape index (κ3) is 6.26. The van der Waals surface area contributed by atoms with E-state index in [9.17, 15) is 0 Å². The van der Waals surface area contributed by atoms with Gasteiger partial charge in [-0.3, -0.25) is 0 Å². The monoisotopic (exact) mass is 732 g/mol. The summed E-state index contributed by atoms with van der Waals surface area (Å²) < 4.78 is 0. The fourth-order valence-electron chi connectivity index (χ4n) is 8.13. The van der Waals surface area contributed by atoms with Gasteiger partial charge in [-0.1, -0.05) is 172 Å². The molecule has 0 saturated carbocycles. The Morgan fingerprint density at radius 1 is 0.368 bits per heavy atom. The highest BCUT2D eigenvalue weighted by molar-refractivity contribution is 6.18. The molecule has 4 heteroatoms. The molecule has 0 amide bonds. The summed E-state index contributed by atoms with van der Waals surface area (Å²) in [6.07, 6.45) is 0. The average Bonchev–Trinajstić information content (AvgIpc) is 3.59. The molecule has 1 aliphatic rings. The van der Waals surface area contributed by atoms with Crippen molar-refractivity contribution in [2.24, 2.45) is 0 Å². The summed E-state index contributed by atoms with van der Waals surface area (Å²) in [6, 6.07) is 66.7. The maximum Gasteiger partial charge on any atom is 0.164 e. The second kappa shape index (κ2) is 13.8. The molecule has 57 heavy (non-hydrogen) atoms. The Balaban J connectivity index is 1.24. The molecule has 0 radical (unpaired) electrons. The van der Waals surface area contributed by atoms with E-state index in [0.717, 1.165) is 44.9 Å². The predicted molar refractivity (Wildman–Crippen MR) is 237 cm³/mol. The molecule has 8 aromatic carbocycles. The Kier molecular flexibility index (Phi) is 8.34. The molecule has 0 saturated heterocycles. The quantitative estimate of drug-likeness (QED) is 0.164. The Morgan fingerprint density at radius 2 is 0.842 bits per heavy atom. The minimum absolute atomic E-state index is 0.0253. The van der Waals surface area contributed by atoms with E-state index < -0.39 is 0 Å². The number of hydrogen-bond acceptors (Lipinski definition) is 4. The van der Waals surface area contributed by atoms with Crippen LogP contribution in [0.2, 0.25) is 0 Å². The van der Waals surface area contributed by atoms with E-state index in [0.29, 0.717) is 17.5 Å². The van der Waals surface area contributed by atoms with Gasteiger partial charge in [0.1, 0.15) is 0 Å². The van der Waals surface area contributed by atoms with Crippen LogP contribution in [0.3, 0.4) is 0 Å². The van der Waals surface area contributed by atoms with Gasteiger partial charge in [0.2, 0.25) is 0 Å². The number of fused-ring (bicyclic) bond motifs is 3. The SMILES string of the molecule is CC(C)(C)c1ccc(N(c2ccc(-c3ccccc3)cc2)c2cc(-c3nc(-c4ccccc4)nc(-c4ccccc4)n3)c3c(c2)-c2cccc4cccc-3c24)cc1. The lowest BCUT2D eigenvalue weighted by molar-refractivity contribution is 0.590. The molecule has 0 fully saturated rings. The first-order valence-corrected chi connectivity index (χ1v) is 19.5. The maximum absolute atomic E-state index is 5.29. The van der Waals surface area contributed by atoms with Crippen LogP contribution in [0.25, 0.3) is 78.3 Å². The molecule has 0 spiro atoms. The average molecular weight is 733 g/mol. The largest absolute Gasteiger partial charge is 0.310 e. The molecule has 1 aliphatic carbocycles. The summed E-state index contributed by atoms with van der Waals surface area (Å²) in [5.41, 5.74) is 14.4. The number of anilines is 3. The van der Waals surface area contributed by atoms with Gasteiger partial charge in [-0.25, -0.2) is 15.0 Å². The molecule has 4 nitrogen and oxygen atoms in total. The minimum Gasteiger partial charge on any atom is -0.310 e. The van der Waals surface area contributed by atoms with Crippen LogP contribution >= 0.6 is 0 Å². The molecule has 0 bridgehead atoms. The zero-order valence-corrected chi connectivity index (χ0v) is 32.2. The summed E-state index contributed by atoms with van der Waals surface area (Å²) in [6.45, 7) is 6.78. The lowest BCUT2D eigenvalue weighted by atomic mass is 9.87. The Morgan fingerprint density at radius 3 is 1.40 bits per heavy atom. The topological polar surface area (TPSA) is 41.9 Å². The van der Waals surface area contributed by atoms with Crippen molar-refractivity contribution >= 4 is 27.8 Å². The van der Waals surface area contributed by atoms with Crippen LogP contribution in [0.15, 0.2) is 188 Å². The molecule has 0 unspecified atom stereocenters. The molecule has 0 N–H and O–H groups in total. The normalized spacial score (nSPS) is 11.8. The van der Waals surface area contributed by atoms with Gasteiger partial charge in [-0.2, -0.15) is 0 Å². The van der Waals surface area contributed by atoms with Crippen molar-refractivity contribution in [1.29, 1.82) is 0 Å². The minimum atomic E-state index is 0.0253. The van der Waals surface area contributed by atoms with Crippen molar-refractivity contribution in [3.05, 3.63) is 194 Å². The summed E-state index contributed by atoms with van der Waals surface area (Å²) in [4.78, 5) is 18.0. The first-order chi connectivity index (χ1) is 27.9. The van der Waals surface area contributed by atoms with Crippen LogP contribution in [0.1, 0.15) is 26.3 Å². The molecule has 272 valence electrons. The van der Waals surface area contributed by atoms with E-state index in [2.05, 4.69) is 177 Å². The van der Waals surface area contributed by atoms with Gasteiger partial charge < -0.3 is 4.90 Å². The van der Waals surface area contributed by atoms with Gasteiger partial charge in [0.05, 0.1) is 0 Å². The predicted octanol–water partition coefficient (Wildman–Crippen LogP) is 14.1. The van der Waals surface area contributed by atoms with Crippen LogP contribution in [-0.2, 0) is 5.41 Å². The molecule has 1 aromatic heterocycles. The van der Waals surface area contributed by atoms with E-state index in [1.165, 1.54) is 38.6 Å². The smallest absolute Gasteiger partial charge is 0.164 e. The molecule has 10 rings (SSSR count). The Labute approximate surface area is 333 Å². The Hall–Kier alpha value is -7.17. The van der Waals surface area contributed by atoms with Gasteiger partial charge in [0, 0.05) is 39.3 Å². The molecule has 0 aliphatic heterocycles. The standard InChI is InChI=1S/C53H40N4/c1-53(2,3)40-27-31-42(32-28-40)57(41-29-25-36(26-30-41)35-15-7-4-8-16-35)43-33-46-44-23-13-21-37-22-14-24-45(48(37)44)49(46)47(34-43)52-55-50(38-17-9-5-10-18-38)54-51(56-52)39-19-11-6-12-20-39/h4-34H,1-3H3. The van der Waals surface area contributed by atoms with Crippen LogP contribution in [0.5, 0.6) is 0 Å². The van der Waals surface area contributed by atoms with Crippen LogP contribution < -0.4 is 4.90 Å². The first-order valence-electron chi connectivity index (χ1n) is 19.5. The zero-order valence-electron chi connectivity index (χ0n) is 32.2. The fourth-order valence-corrected chi connectivity index (χ4v) is 8.13. The van der Waals surface area contributed by atoms with Crippen molar-refractivity contribution in [2.75, 3.05) is 4.90 Å². The lowest BCUT2D eigenvalue weighted by Gasteiger charge is -2.28. The number of aromatic nitrogens is 3. The van der Waals surface area contributed by atoms with E-state index in [-0.39, 0.29) is 5.41 Å². The van der Waals surface area contributed by atoms with E-state index in [4.69, 9.17) is 15.0 Å². The van der Waals surface area contributed by atoms with Crippen molar-refractivity contribution in [1.82, 2.24) is 15.0 Å². The highest BCUT2D eigenvalue weighted by atomic mass is 15.1. The number of benzene rings is 8. The fraction of sp³-hybridized carbons (Fsp3) is 0.0755. The van der Waals surface area contributed by atoms with Crippen LogP contribution in [0.4, 0.5) is 17.1 Å².